The van der Waals surface area contributed by atoms with Gasteiger partial charge in [-0.1, -0.05) is 42.5 Å². The third kappa shape index (κ3) is 3.14. The van der Waals surface area contributed by atoms with Crippen LogP contribution in [-0.4, -0.2) is 20.8 Å². The predicted molar refractivity (Wildman–Crippen MR) is 120 cm³/mol. The van der Waals surface area contributed by atoms with Gasteiger partial charge < -0.3 is 10.3 Å². The van der Waals surface area contributed by atoms with E-state index in [2.05, 4.69) is 46.7 Å². The molecule has 5 nitrogen and oxygen atoms in total. The molecule has 152 valence electrons. The summed E-state index contributed by atoms with van der Waals surface area (Å²) in [5.74, 6) is 0. The monoisotopic (exact) mass is 398 g/mol. The molecule has 0 amide bonds. The number of aromatic nitrogens is 3. The van der Waals surface area contributed by atoms with Crippen LogP contribution in [0, 0.1) is 0 Å². The second-order valence-electron chi connectivity index (χ2n) is 8.80. The quantitative estimate of drug-likeness (QED) is 0.663. The first-order valence-corrected chi connectivity index (χ1v) is 11.1. The Labute approximate surface area is 175 Å². The average Bonchev–Trinajstić information content (AvgIpc) is 3.50. The van der Waals surface area contributed by atoms with Gasteiger partial charge in [-0.15, -0.1) is 0 Å². The number of aromatic amines is 1. The lowest BCUT2D eigenvalue weighted by Crippen LogP contribution is -2.20. The highest BCUT2D eigenvalue weighted by atomic mass is 16.1. The normalized spacial score (nSPS) is 17.7. The molecule has 3 aromatic rings. The van der Waals surface area contributed by atoms with Gasteiger partial charge in [0.05, 0.1) is 6.54 Å². The summed E-state index contributed by atoms with van der Waals surface area (Å²) in [6.07, 6.45) is 12.9. The third-order valence-corrected chi connectivity index (χ3v) is 6.58. The molecule has 1 fully saturated rings. The molecule has 1 saturated carbocycles. The summed E-state index contributed by atoms with van der Waals surface area (Å²) in [6.45, 7) is 1.58. The van der Waals surface area contributed by atoms with Crippen molar-refractivity contribution < 1.29 is 0 Å². The number of pyridine rings is 1. The first-order chi connectivity index (χ1) is 14.8. The Morgan fingerprint density at radius 2 is 1.80 bits per heavy atom. The van der Waals surface area contributed by atoms with Gasteiger partial charge in [0.15, 0.2) is 0 Å². The van der Waals surface area contributed by atoms with Crippen molar-refractivity contribution in [3.8, 4) is 0 Å². The van der Waals surface area contributed by atoms with Gasteiger partial charge in [-0.25, -0.2) is 4.68 Å². The van der Waals surface area contributed by atoms with E-state index in [4.69, 9.17) is 5.10 Å². The Bertz CT molecular complexity index is 1240. The number of H-pyrrole nitrogens is 1. The SMILES string of the molecule is O=c1[nH]c2c(c(C3=CC=C3)nn2Cc2ccc(CNC3CC3)cc2)c2c1CCCC2. The Kier molecular flexibility index (Phi) is 4.23. The van der Waals surface area contributed by atoms with Crippen molar-refractivity contribution in [2.75, 3.05) is 0 Å². The highest BCUT2D eigenvalue weighted by molar-refractivity contribution is 5.96. The number of allylic oxidation sites excluding steroid dienone is 4. The molecule has 2 aromatic heterocycles. The van der Waals surface area contributed by atoms with Crippen LogP contribution in [0.1, 0.15) is 53.6 Å². The van der Waals surface area contributed by atoms with Crippen molar-refractivity contribution in [2.45, 2.75) is 57.7 Å². The molecule has 3 aliphatic rings. The summed E-state index contributed by atoms with van der Waals surface area (Å²) < 4.78 is 1.98. The molecule has 3 aliphatic carbocycles. The molecule has 1 aromatic carbocycles. The van der Waals surface area contributed by atoms with Crippen LogP contribution in [0.15, 0.2) is 47.3 Å². The molecule has 0 atom stereocenters. The third-order valence-electron chi connectivity index (χ3n) is 6.58. The van der Waals surface area contributed by atoms with Crippen molar-refractivity contribution in [1.82, 2.24) is 20.1 Å². The lowest BCUT2D eigenvalue weighted by Gasteiger charge is -2.16. The van der Waals surface area contributed by atoms with Crippen LogP contribution in [0.25, 0.3) is 16.6 Å². The molecule has 0 saturated heterocycles. The standard InChI is InChI=1S/C25H26N4O/c30-25-21-7-2-1-6-20(21)22-23(18-4-3-5-18)28-29(24(22)27-25)15-17-10-8-16(9-11-17)14-26-19-12-13-19/h3-5,8-11,19,26H,1-2,6-7,12-15H2,(H,27,30). The van der Waals surface area contributed by atoms with Crippen LogP contribution >= 0.6 is 0 Å². The first-order valence-electron chi connectivity index (χ1n) is 11.1. The predicted octanol–water partition coefficient (Wildman–Crippen LogP) is 3.86. The number of nitrogens with one attached hydrogen (secondary N) is 2. The maximum Gasteiger partial charge on any atom is 0.253 e. The molecular weight excluding hydrogens is 372 g/mol. The summed E-state index contributed by atoms with van der Waals surface area (Å²) in [4.78, 5) is 16.0. The van der Waals surface area contributed by atoms with Crippen LogP contribution in [0.5, 0.6) is 0 Å². The lowest BCUT2D eigenvalue weighted by atomic mass is 9.89. The Balaban J connectivity index is 1.37. The summed E-state index contributed by atoms with van der Waals surface area (Å²) >= 11 is 0. The van der Waals surface area contributed by atoms with Gasteiger partial charge in [0.25, 0.3) is 5.56 Å². The fourth-order valence-corrected chi connectivity index (χ4v) is 4.64. The molecule has 0 radical (unpaired) electrons. The van der Waals surface area contributed by atoms with Crippen LogP contribution in [0.2, 0.25) is 0 Å². The van der Waals surface area contributed by atoms with E-state index in [1.54, 1.807) is 0 Å². The van der Waals surface area contributed by atoms with Gasteiger partial charge in [-0.3, -0.25) is 4.79 Å². The van der Waals surface area contributed by atoms with E-state index in [0.29, 0.717) is 6.54 Å². The summed E-state index contributed by atoms with van der Waals surface area (Å²) in [7, 11) is 0. The fraction of sp³-hybridized carbons (Fsp3) is 0.360. The van der Waals surface area contributed by atoms with Crippen LogP contribution in [0.3, 0.4) is 0 Å². The number of nitrogens with zero attached hydrogens (tertiary/aromatic N) is 2. The van der Waals surface area contributed by atoms with E-state index in [9.17, 15) is 4.79 Å². The van der Waals surface area contributed by atoms with Gasteiger partial charge in [0.1, 0.15) is 11.3 Å². The smallest absolute Gasteiger partial charge is 0.253 e. The molecule has 2 N–H and O–H groups in total. The van der Waals surface area contributed by atoms with Crippen molar-refractivity contribution in [1.29, 1.82) is 0 Å². The van der Waals surface area contributed by atoms with Crippen LogP contribution < -0.4 is 10.9 Å². The molecular formula is C25H26N4O. The van der Waals surface area contributed by atoms with E-state index >= 15 is 0 Å². The van der Waals surface area contributed by atoms with Gasteiger partial charge in [-0.2, -0.15) is 5.10 Å². The summed E-state index contributed by atoms with van der Waals surface area (Å²) in [5, 5.41) is 9.66. The van der Waals surface area contributed by atoms with Gasteiger partial charge in [0, 0.05) is 29.1 Å². The number of fused-ring (bicyclic) bond motifs is 3. The average molecular weight is 399 g/mol. The topological polar surface area (TPSA) is 62.7 Å². The van der Waals surface area contributed by atoms with E-state index < -0.39 is 0 Å². The molecule has 0 spiro atoms. The maximum absolute atomic E-state index is 12.8. The fourth-order valence-electron chi connectivity index (χ4n) is 4.64. The number of hydrogen-bond acceptors (Lipinski definition) is 3. The second kappa shape index (κ2) is 7.10. The molecule has 0 aliphatic heterocycles. The number of rotatable bonds is 6. The van der Waals surface area contributed by atoms with E-state index in [-0.39, 0.29) is 5.56 Å². The molecule has 0 unspecified atom stereocenters. The minimum atomic E-state index is 0.0597. The zero-order valence-electron chi connectivity index (χ0n) is 17.1. The number of aryl methyl sites for hydroxylation is 1. The van der Waals surface area contributed by atoms with Gasteiger partial charge in [-0.05, 0) is 55.2 Å². The van der Waals surface area contributed by atoms with Gasteiger partial charge >= 0.3 is 0 Å². The van der Waals surface area contributed by atoms with Crippen molar-refractivity contribution >= 4 is 16.6 Å². The second-order valence-corrected chi connectivity index (χ2v) is 8.80. The minimum Gasteiger partial charge on any atom is -0.310 e. The Morgan fingerprint density at radius 3 is 2.50 bits per heavy atom. The molecule has 0 bridgehead atoms. The molecule has 5 heteroatoms. The number of benzene rings is 1. The largest absolute Gasteiger partial charge is 0.310 e. The summed E-state index contributed by atoms with van der Waals surface area (Å²) in [6, 6.07) is 9.46. The zero-order valence-corrected chi connectivity index (χ0v) is 17.1. The van der Waals surface area contributed by atoms with Crippen molar-refractivity contribution in [3.05, 3.63) is 80.8 Å². The van der Waals surface area contributed by atoms with Crippen molar-refractivity contribution in [3.63, 3.8) is 0 Å². The van der Waals surface area contributed by atoms with Crippen LogP contribution in [-0.2, 0) is 25.9 Å². The highest BCUT2D eigenvalue weighted by Gasteiger charge is 2.24. The van der Waals surface area contributed by atoms with E-state index in [1.165, 1.54) is 29.5 Å². The lowest BCUT2D eigenvalue weighted by molar-refractivity contribution is 0.677. The summed E-state index contributed by atoms with van der Waals surface area (Å²) in [5.41, 5.74) is 7.75. The first kappa shape index (κ1) is 17.9. The van der Waals surface area contributed by atoms with Crippen LogP contribution in [0.4, 0.5) is 0 Å². The molecule has 30 heavy (non-hydrogen) atoms. The van der Waals surface area contributed by atoms with Gasteiger partial charge in [0.2, 0.25) is 0 Å². The number of hydrogen-bond donors (Lipinski definition) is 2. The zero-order chi connectivity index (χ0) is 20.1. The minimum absolute atomic E-state index is 0.0597. The van der Waals surface area contributed by atoms with E-state index in [0.717, 1.165) is 66.1 Å². The Hall–Kier alpha value is -2.92. The highest BCUT2D eigenvalue weighted by Crippen LogP contribution is 2.33. The Morgan fingerprint density at radius 1 is 1.07 bits per heavy atom. The molecule has 2 heterocycles. The molecule has 6 rings (SSSR count). The van der Waals surface area contributed by atoms with E-state index in [1.807, 2.05) is 10.8 Å². The maximum atomic E-state index is 12.8. The van der Waals surface area contributed by atoms with Crippen molar-refractivity contribution in [2.24, 2.45) is 0 Å².